The van der Waals surface area contributed by atoms with Gasteiger partial charge < -0.3 is 14.7 Å². The SMILES string of the molecule is OCCN(CCc1ccc(Oc2nc3ccccc3s2)cc1)CCC1CC1. The van der Waals surface area contributed by atoms with E-state index >= 15 is 0 Å². The van der Waals surface area contributed by atoms with Gasteiger partial charge in [0.05, 0.1) is 16.8 Å². The predicted molar refractivity (Wildman–Crippen MR) is 111 cm³/mol. The summed E-state index contributed by atoms with van der Waals surface area (Å²) in [5, 5.41) is 9.96. The van der Waals surface area contributed by atoms with Gasteiger partial charge in [-0.15, -0.1) is 0 Å². The summed E-state index contributed by atoms with van der Waals surface area (Å²) in [5.74, 6) is 1.75. The van der Waals surface area contributed by atoms with Crippen LogP contribution in [0.2, 0.25) is 0 Å². The van der Waals surface area contributed by atoms with Crippen molar-refractivity contribution in [1.82, 2.24) is 9.88 Å². The van der Waals surface area contributed by atoms with E-state index in [2.05, 4.69) is 28.1 Å². The Morgan fingerprint density at radius 2 is 1.85 bits per heavy atom. The van der Waals surface area contributed by atoms with Crippen LogP contribution in [0.5, 0.6) is 10.9 Å². The third kappa shape index (κ3) is 5.28. The van der Waals surface area contributed by atoms with E-state index in [1.807, 2.05) is 30.3 Å². The summed E-state index contributed by atoms with van der Waals surface area (Å²) in [5.41, 5.74) is 2.27. The molecule has 0 saturated heterocycles. The zero-order valence-electron chi connectivity index (χ0n) is 15.5. The second-order valence-electron chi connectivity index (χ2n) is 7.24. The normalized spacial score (nSPS) is 14.1. The lowest BCUT2D eigenvalue weighted by atomic mass is 10.1. The van der Waals surface area contributed by atoms with Crippen LogP contribution in [0.3, 0.4) is 0 Å². The van der Waals surface area contributed by atoms with Crippen LogP contribution in [0, 0.1) is 5.92 Å². The van der Waals surface area contributed by atoms with Crippen molar-refractivity contribution >= 4 is 21.6 Å². The molecule has 0 atom stereocenters. The van der Waals surface area contributed by atoms with E-state index in [0.29, 0.717) is 5.19 Å². The molecule has 1 saturated carbocycles. The Balaban J connectivity index is 1.30. The second kappa shape index (κ2) is 8.83. The van der Waals surface area contributed by atoms with Crippen LogP contribution in [0.15, 0.2) is 48.5 Å². The lowest BCUT2D eigenvalue weighted by Crippen LogP contribution is -2.30. The van der Waals surface area contributed by atoms with Gasteiger partial charge in [0.15, 0.2) is 0 Å². The molecule has 1 aliphatic rings. The zero-order chi connectivity index (χ0) is 18.5. The first kappa shape index (κ1) is 18.4. The standard InChI is InChI=1S/C22H26N2O2S/c25-16-15-24(13-11-17-5-6-17)14-12-18-7-9-19(10-8-18)26-22-23-20-3-1-2-4-21(20)27-22/h1-4,7-10,17,25H,5-6,11-16H2. The monoisotopic (exact) mass is 382 g/mol. The molecule has 5 heteroatoms. The van der Waals surface area contributed by atoms with Crippen molar-refractivity contribution in [3.63, 3.8) is 0 Å². The summed E-state index contributed by atoms with van der Waals surface area (Å²) in [4.78, 5) is 6.89. The number of aliphatic hydroxyl groups is 1. The third-order valence-electron chi connectivity index (χ3n) is 5.09. The number of aliphatic hydroxyl groups excluding tert-OH is 1. The van der Waals surface area contributed by atoms with Crippen LogP contribution in [0.1, 0.15) is 24.8 Å². The van der Waals surface area contributed by atoms with Gasteiger partial charge >= 0.3 is 0 Å². The fourth-order valence-corrected chi connectivity index (χ4v) is 4.09. The van der Waals surface area contributed by atoms with Crippen molar-refractivity contribution in [2.45, 2.75) is 25.7 Å². The summed E-state index contributed by atoms with van der Waals surface area (Å²) < 4.78 is 7.06. The largest absolute Gasteiger partial charge is 0.431 e. The van der Waals surface area contributed by atoms with Gasteiger partial charge in [-0.05, 0) is 55.1 Å². The molecule has 3 aromatic rings. The van der Waals surface area contributed by atoms with E-state index in [9.17, 15) is 5.11 Å². The molecule has 2 aromatic carbocycles. The van der Waals surface area contributed by atoms with Crippen molar-refractivity contribution in [2.75, 3.05) is 26.2 Å². The number of para-hydroxylation sites is 1. The number of rotatable bonds is 10. The second-order valence-corrected chi connectivity index (χ2v) is 8.23. The molecular weight excluding hydrogens is 356 g/mol. The molecule has 1 fully saturated rings. The van der Waals surface area contributed by atoms with Crippen molar-refractivity contribution in [3.8, 4) is 10.9 Å². The Labute approximate surface area is 164 Å². The number of hydrogen-bond acceptors (Lipinski definition) is 5. The number of benzene rings is 2. The van der Waals surface area contributed by atoms with Crippen LogP contribution < -0.4 is 4.74 Å². The number of ether oxygens (including phenoxy) is 1. The van der Waals surface area contributed by atoms with Crippen molar-refractivity contribution in [1.29, 1.82) is 0 Å². The molecule has 0 aliphatic heterocycles. The van der Waals surface area contributed by atoms with Crippen molar-refractivity contribution in [3.05, 3.63) is 54.1 Å². The van der Waals surface area contributed by atoms with E-state index in [-0.39, 0.29) is 6.61 Å². The number of aromatic nitrogens is 1. The molecule has 0 bridgehead atoms. The highest BCUT2D eigenvalue weighted by Crippen LogP contribution is 2.32. The molecule has 27 heavy (non-hydrogen) atoms. The first-order valence-electron chi connectivity index (χ1n) is 9.76. The maximum Gasteiger partial charge on any atom is 0.279 e. The molecule has 0 spiro atoms. The Morgan fingerprint density at radius 3 is 2.59 bits per heavy atom. The van der Waals surface area contributed by atoms with Gasteiger partial charge in [-0.3, -0.25) is 0 Å². The van der Waals surface area contributed by atoms with Gasteiger partial charge in [0.2, 0.25) is 0 Å². The fraction of sp³-hybridized carbons (Fsp3) is 0.409. The first-order chi connectivity index (χ1) is 13.3. The highest BCUT2D eigenvalue weighted by Gasteiger charge is 2.21. The van der Waals surface area contributed by atoms with Crippen LogP contribution in [-0.4, -0.2) is 41.2 Å². The molecule has 1 heterocycles. The maximum absolute atomic E-state index is 9.28. The lowest BCUT2D eigenvalue weighted by molar-refractivity contribution is 0.193. The quantitative estimate of drug-likeness (QED) is 0.551. The van der Waals surface area contributed by atoms with Gasteiger partial charge in [-0.2, -0.15) is 0 Å². The number of thiazole rings is 1. The van der Waals surface area contributed by atoms with Gasteiger partial charge in [-0.1, -0.05) is 48.4 Å². The minimum absolute atomic E-state index is 0.236. The van der Waals surface area contributed by atoms with Crippen molar-refractivity contribution < 1.29 is 9.84 Å². The van der Waals surface area contributed by atoms with E-state index in [0.717, 1.165) is 47.9 Å². The Hall–Kier alpha value is -1.95. The van der Waals surface area contributed by atoms with E-state index in [1.54, 1.807) is 11.3 Å². The van der Waals surface area contributed by atoms with Crippen molar-refractivity contribution in [2.24, 2.45) is 5.92 Å². The lowest BCUT2D eigenvalue weighted by Gasteiger charge is -2.21. The van der Waals surface area contributed by atoms with Crippen LogP contribution in [0.25, 0.3) is 10.2 Å². The summed E-state index contributed by atoms with van der Waals surface area (Å²) >= 11 is 1.57. The Kier molecular flexibility index (Phi) is 6.02. The minimum atomic E-state index is 0.236. The number of hydrogen-bond donors (Lipinski definition) is 1. The predicted octanol–water partition coefficient (Wildman–Crippen LogP) is 4.73. The molecule has 0 amide bonds. The summed E-state index contributed by atoms with van der Waals surface area (Å²) in [6.45, 7) is 3.10. The van der Waals surface area contributed by atoms with Gasteiger partial charge in [0.1, 0.15) is 5.75 Å². The van der Waals surface area contributed by atoms with Gasteiger partial charge in [0, 0.05) is 13.1 Å². The van der Waals surface area contributed by atoms with Crippen LogP contribution >= 0.6 is 11.3 Å². The summed E-state index contributed by atoms with van der Waals surface area (Å²) in [6.07, 6.45) is 5.05. The van der Waals surface area contributed by atoms with E-state index < -0.39 is 0 Å². The van der Waals surface area contributed by atoms with E-state index in [4.69, 9.17) is 4.74 Å². The molecule has 0 radical (unpaired) electrons. The topological polar surface area (TPSA) is 45.6 Å². The van der Waals surface area contributed by atoms with E-state index in [1.165, 1.54) is 24.8 Å². The first-order valence-corrected chi connectivity index (χ1v) is 10.6. The molecule has 1 aromatic heterocycles. The van der Waals surface area contributed by atoms with Gasteiger partial charge in [-0.25, -0.2) is 4.98 Å². The molecule has 1 aliphatic carbocycles. The highest BCUT2D eigenvalue weighted by molar-refractivity contribution is 7.20. The third-order valence-corrected chi connectivity index (χ3v) is 6.00. The van der Waals surface area contributed by atoms with Crippen LogP contribution in [-0.2, 0) is 6.42 Å². The molecule has 4 rings (SSSR count). The Bertz CT molecular complexity index is 825. The highest BCUT2D eigenvalue weighted by atomic mass is 32.1. The number of nitrogens with zero attached hydrogens (tertiary/aromatic N) is 2. The molecule has 4 nitrogen and oxygen atoms in total. The van der Waals surface area contributed by atoms with Crippen LogP contribution in [0.4, 0.5) is 0 Å². The molecule has 142 valence electrons. The minimum Gasteiger partial charge on any atom is -0.431 e. The molecular formula is C22H26N2O2S. The summed E-state index contributed by atoms with van der Waals surface area (Å²) in [6, 6.07) is 16.4. The average Bonchev–Trinajstić information content (AvgIpc) is 3.43. The molecule has 1 N–H and O–H groups in total. The average molecular weight is 383 g/mol. The number of fused-ring (bicyclic) bond motifs is 1. The molecule has 0 unspecified atom stereocenters. The maximum atomic E-state index is 9.28. The fourth-order valence-electron chi connectivity index (χ4n) is 3.26. The Morgan fingerprint density at radius 1 is 1.04 bits per heavy atom. The zero-order valence-corrected chi connectivity index (χ0v) is 16.3. The summed E-state index contributed by atoms with van der Waals surface area (Å²) in [7, 11) is 0. The smallest absolute Gasteiger partial charge is 0.279 e. The van der Waals surface area contributed by atoms with Gasteiger partial charge in [0.25, 0.3) is 5.19 Å².